The molecule has 3 aromatic carbocycles. The molecule has 0 radical (unpaired) electrons. The minimum Gasteiger partial charge on any atom is -0.494 e. The molecule has 0 unspecified atom stereocenters. The number of aromatic nitrogens is 1. The highest BCUT2D eigenvalue weighted by atomic mass is 35.5. The number of benzene rings is 3. The molecule has 4 rings (SSSR count). The van der Waals surface area contributed by atoms with E-state index in [2.05, 4.69) is 24.0 Å². The van der Waals surface area contributed by atoms with Gasteiger partial charge in [-0.05, 0) is 54.8 Å². The first kappa shape index (κ1) is 20.9. The highest BCUT2D eigenvalue weighted by molar-refractivity contribution is 6.30. The van der Waals surface area contributed by atoms with Gasteiger partial charge in [0.1, 0.15) is 0 Å². The van der Waals surface area contributed by atoms with Crippen molar-refractivity contribution in [1.29, 1.82) is 0 Å². The molecule has 0 amide bonds. The van der Waals surface area contributed by atoms with Gasteiger partial charge in [-0.1, -0.05) is 61.3 Å². The number of aliphatic imine (C=N–C) groups is 1. The van der Waals surface area contributed by atoms with Crippen LogP contribution in [0.1, 0.15) is 30.9 Å². The number of unbranched alkanes of at least 4 members (excludes halogenated alkanes) is 1. The van der Waals surface area contributed by atoms with Gasteiger partial charge in [-0.3, -0.25) is 9.79 Å². The third kappa shape index (κ3) is 4.39. The molecular formula is C26H23ClN2O2. The van der Waals surface area contributed by atoms with E-state index in [1.54, 1.807) is 42.6 Å². The van der Waals surface area contributed by atoms with Crippen molar-refractivity contribution >= 4 is 34.3 Å². The van der Waals surface area contributed by atoms with Crippen molar-refractivity contribution in [3.63, 3.8) is 0 Å². The van der Waals surface area contributed by atoms with Crippen molar-refractivity contribution in [1.82, 2.24) is 4.57 Å². The fourth-order valence-corrected chi connectivity index (χ4v) is 3.80. The Hall–Kier alpha value is -3.37. The van der Waals surface area contributed by atoms with E-state index in [4.69, 9.17) is 11.6 Å². The number of halogens is 1. The van der Waals surface area contributed by atoms with E-state index in [0.29, 0.717) is 27.0 Å². The van der Waals surface area contributed by atoms with Crippen LogP contribution in [0.25, 0.3) is 16.5 Å². The molecule has 1 N–H and O–H groups in total. The average Bonchev–Trinajstić information content (AvgIpc) is 2.78. The molecule has 0 spiro atoms. The van der Waals surface area contributed by atoms with Crippen LogP contribution < -0.4 is 5.56 Å². The third-order valence-corrected chi connectivity index (χ3v) is 5.50. The standard InChI is InChI=1S/C26H23ClN2O2/c1-2-3-7-18-12-14-20(15-13-18)28-17-24-22-10-4-5-11-23(22)25(30)29(26(24)31)21-9-6-8-19(27)16-21/h4-6,8-17,31H,2-3,7H2,1H3. The number of rotatable bonds is 6. The Bertz CT molecular complexity index is 1310. The van der Waals surface area contributed by atoms with Gasteiger partial charge in [0, 0.05) is 22.0 Å². The van der Waals surface area contributed by atoms with E-state index < -0.39 is 0 Å². The fraction of sp³-hybridized carbons (Fsp3) is 0.154. The summed E-state index contributed by atoms with van der Waals surface area (Å²) in [6, 6.07) is 22.1. The van der Waals surface area contributed by atoms with Gasteiger partial charge in [-0.15, -0.1) is 0 Å². The second-order valence-corrected chi connectivity index (χ2v) is 7.87. The maximum atomic E-state index is 13.1. The molecule has 4 aromatic rings. The number of pyridine rings is 1. The molecule has 4 nitrogen and oxygen atoms in total. The van der Waals surface area contributed by atoms with Gasteiger partial charge >= 0.3 is 0 Å². The summed E-state index contributed by atoms with van der Waals surface area (Å²) in [5.74, 6) is -0.172. The van der Waals surface area contributed by atoms with Crippen molar-refractivity contribution in [3.8, 4) is 11.6 Å². The summed E-state index contributed by atoms with van der Waals surface area (Å²) in [6.07, 6.45) is 4.98. The molecule has 31 heavy (non-hydrogen) atoms. The molecule has 0 aliphatic rings. The first-order chi connectivity index (χ1) is 15.1. The third-order valence-electron chi connectivity index (χ3n) is 5.27. The highest BCUT2D eigenvalue weighted by Gasteiger charge is 2.16. The maximum absolute atomic E-state index is 13.1. The fourth-order valence-electron chi connectivity index (χ4n) is 3.61. The molecule has 156 valence electrons. The van der Waals surface area contributed by atoms with Crippen LogP contribution in [0, 0.1) is 0 Å². The highest BCUT2D eigenvalue weighted by Crippen LogP contribution is 2.27. The summed E-state index contributed by atoms with van der Waals surface area (Å²) >= 11 is 6.12. The monoisotopic (exact) mass is 430 g/mol. The normalized spacial score (nSPS) is 11.4. The number of hydrogen-bond donors (Lipinski definition) is 1. The van der Waals surface area contributed by atoms with Crippen molar-refractivity contribution < 1.29 is 5.11 Å². The predicted octanol–water partition coefficient (Wildman–Crippen LogP) is 6.44. The topological polar surface area (TPSA) is 54.6 Å². The zero-order chi connectivity index (χ0) is 21.8. The number of nitrogens with zero attached hydrogens (tertiary/aromatic N) is 2. The van der Waals surface area contributed by atoms with Crippen LogP contribution in [0.15, 0.2) is 82.6 Å². The molecule has 1 heterocycles. The van der Waals surface area contributed by atoms with Crippen LogP contribution in [0.2, 0.25) is 5.02 Å². The van der Waals surface area contributed by atoms with Crippen LogP contribution >= 0.6 is 11.6 Å². The summed E-state index contributed by atoms with van der Waals surface area (Å²) in [4.78, 5) is 17.7. The van der Waals surface area contributed by atoms with Crippen molar-refractivity contribution in [2.24, 2.45) is 4.99 Å². The number of fused-ring (bicyclic) bond motifs is 1. The Balaban J connectivity index is 1.82. The summed E-state index contributed by atoms with van der Waals surface area (Å²) in [6.45, 7) is 2.18. The summed E-state index contributed by atoms with van der Waals surface area (Å²) in [5, 5.41) is 12.7. The Morgan fingerprint density at radius 2 is 1.74 bits per heavy atom. The molecule has 5 heteroatoms. The van der Waals surface area contributed by atoms with E-state index in [1.165, 1.54) is 10.1 Å². The van der Waals surface area contributed by atoms with Crippen LogP contribution in [-0.4, -0.2) is 15.9 Å². The SMILES string of the molecule is CCCCc1ccc(N=Cc2c(O)n(-c3cccc(Cl)c3)c(=O)c3ccccc23)cc1. The maximum Gasteiger partial charge on any atom is 0.265 e. The van der Waals surface area contributed by atoms with E-state index in [0.717, 1.165) is 24.9 Å². The van der Waals surface area contributed by atoms with Gasteiger partial charge in [-0.2, -0.15) is 0 Å². The van der Waals surface area contributed by atoms with Crippen molar-refractivity contribution in [2.75, 3.05) is 0 Å². The number of aromatic hydroxyl groups is 1. The van der Waals surface area contributed by atoms with Crippen LogP contribution in [0.5, 0.6) is 5.88 Å². The smallest absolute Gasteiger partial charge is 0.265 e. The Kier molecular flexibility index (Phi) is 6.19. The molecule has 1 aromatic heterocycles. The van der Waals surface area contributed by atoms with Crippen LogP contribution in [0.3, 0.4) is 0 Å². The first-order valence-electron chi connectivity index (χ1n) is 10.3. The quantitative estimate of drug-likeness (QED) is 0.358. The largest absolute Gasteiger partial charge is 0.494 e. The van der Waals surface area contributed by atoms with Gasteiger partial charge < -0.3 is 5.11 Å². The average molecular weight is 431 g/mol. The first-order valence-corrected chi connectivity index (χ1v) is 10.7. The van der Waals surface area contributed by atoms with Crippen molar-refractivity contribution in [2.45, 2.75) is 26.2 Å². The van der Waals surface area contributed by atoms with E-state index in [1.807, 2.05) is 24.3 Å². The van der Waals surface area contributed by atoms with Crippen molar-refractivity contribution in [3.05, 3.63) is 99.3 Å². The Labute approximate surface area is 186 Å². The Morgan fingerprint density at radius 3 is 2.45 bits per heavy atom. The van der Waals surface area contributed by atoms with Gasteiger partial charge in [-0.25, -0.2) is 4.57 Å². The van der Waals surface area contributed by atoms with Crippen LogP contribution in [0.4, 0.5) is 5.69 Å². The summed E-state index contributed by atoms with van der Waals surface area (Å²) < 4.78 is 1.27. The minimum atomic E-state index is -0.312. The lowest BCUT2D eigenvalue weighted by Gasteiger charge is -2.14. The van der Waals surface area contributed by atoms with E-state index in [9.17, 15) is 9.90 Å². The zero-order valence-corrected chi connectivity index (χ0v) is 18.0. The van der Waals surface area contributed by atoms with E-state index >= 15 is 0 Å². The van der Waals surface area contributed by atoms with Gasteiger partial charge in [0.05, 0.1) is 16.9 Å². The molecule has 0 atom stereocenters. The molecule has 0 bridgehead atoms. The molecule has 0 aliphatic carbocycles. The molecule has 0 saturated carbocycles. The minimum absolute atomic E-state index is 0.172. The lowest BCUT2D eigenvalue weighted by Crippen LogP contribution is -2.20. The second-order valence-electron chi connectivity index (χ2n) is 7.43. The van der Waals surface area contributed by atoms with Gasteiger partial charge in [0.25, 0.3) is 5.56 Å². The summed E-state index contributed by atoms with van der Waals surface area (Å²) in [7, 11) is 0. The van der Waals surface area contributed by atoms with Gasteiger partial charge in [0.2, 0.25) is 5.88 Å². The summed E-state index contributed by atoms with van der Waals surface area (Å²) in [5.41, 5.74) is 2.72. The van der Waals surface area contributed by atoms with Gasteiger partial charge in [0.15, 0.2) is 0 Å². The Morgan fingerprint density at radius 1 is 1.00 bits per heavy atom. The molecular weight excluding hydrogens is 408 g/mol. The molecule has 0 saturated heterocycles. The number of hydrogen-bond acceptors (Lipinski definition) is 3. The molecule has 0 fully saturated rings. The lowest BCUT2D eigenvalue weighted by atomic mass is 10.1. The van der Waals surface area contributed by atoms with Crippen LogP contribution in [-0.2, 0) is 6.42 Å². The lowest BCUT2D eigenvalue weighted by molar-refractivity contribution is 0.436. The molecule has 0 aliphatic heterocycles. The predicted molar refractivity (Wildman–Crippen MR) is 129 cm³/mol. The zero-order valence-electron chi connectivity index (χ0n) is 17.3. The number of aryl methyl sites for hydroxylation is 1. The van der Waals surface area contributed by atoms with E-state index in [-0.39, 0.29) is 11.4 Å². The second kappa shape index (κ2) is 9.19.